The second-order valence-electron chi connectivity index (χ2n) is 9.67. The van der Waals surface area contributed by atoms with E-state index in [1.165, 1.54) is 102 Å². The summed E-state index contributed by atoms with van der Waals surface area (Å²) in [6.07, 6.45) is 23.7. The molecule has 2 aliphatic carbocycles. The Kier molecular flexibility index (Phi) is 9.16. The normalized spacial score (nSPS) is 25.5. The van der Waals surface area contributed by atoms with Crippen molar-refractivity contribution in [1.29, 1.82) is 0 Å². The van der Waals surface area contributed by atoms with Crippen molar-refractivity contribution in [1.82, 2.24) is 0 Å². The van der Waals surface area contributed by atoms with Crippen LogP contribution in [0.25, 0.3) is 5.57 Å². The van der Waals surface area contributed by atoms with Crippen LogP contribution in [0.2, 0.25) is 0 Å². The Balaban J connectivity index is 1.39. The lowest BCUT2D eigenvalue weighted by Gasteiger charge is -2.29. The third kappa shape index (κ3) is 6.50. The van der Waals surface area contributed by atoms with Crippen LogP contribution in [0.15, 0.2) is 30.3 Å². The van der Waals surface area contributed by atoms with E-state index in [1.807, 2.05) is 0 Å². The molecule has 3 rings (SSSR count). The molecule has 0 aromatic heterocycles. The van der Waals surface area contributed by atoms with E-state index in [2.05, 4.69) is 44.2 Å². The Bertz CT molecular complexity index is 571. The molecule has 1 unspecified atom stereocenters. The molecule has 1 fully saturated rings. The molecular weight excluding hydrogens is 336 g/mol. The third-order valence-corrected chi connectivity index (χ3v) is 7.66. The fourth-order valence-electron chi connectivity index (χ4n) is 5.49. The Morgan fingerprint density at radius 1 is 0.750 bits per heavy atom. The standard InChI is InChI=1S/C28H44/c1-3-5-6-7-8-9-10-24-13-17-26(18-14-24)28-21-19-27(20-22-28)25-15-11-23(4-2)12-16-25/h15,19-24,26H,3-14,16-18H2,1-2H3/t23?,24-,26-. The van der Waals surface area contributed by atoms with Gasteiger partial charge in [0.15, 0.2) is 0 Å². The number of hydrogen-bond acceptors (Lipinski definition) is 0. The van der Waals surface area contributed by atoms with Gasteiger partial charge in [0.2, 0.25) is 0 Å². The largest absolute Gasteiger partial charge is 0.0804 e. The van der Waals surface area contributed by atoms with E-state index in [0.717, 1.165) is 17.8 Å². The number of allylic oxidation sites excluding steroid dienone is 2. The highest BCUT2D eigenvalue weighted by atomic mass is 14.3. The molecule has 0 bridgehead atoms. The molecule has 1 saturated carbocycles. The number of rotatable bonds is 10. The van der Waals surface area contributed by atoms with E-state index in [-0.39, 0.29) is 0 Å². The smallest absolute Gasteiger partial charge is 0.0162 e. The molecule has 0 saturated heterocycles. The Hall–Kier alpha value is -1.04. The zero-order valence-corrected chi connectivity index (χ0v) is 18.7. The average molecular weight is 381 g/mol. The van der Waals surface area contributed by atoms with Gasteiger partial charge in [-0.2, -0.15) is 0 Å². The lowest BCUT2D eigenvalue weighted by atomic mass is 9.76. The summed E-state index contributed by atoms with van der Waals surface area (Å²) in [5, 5.41) is 0. The average Bonchev–Trinajstić information content (AvgIpc) is 2.77. The Morgan fingerprint density at radius 2 is 1.46 bits per heavy atom. The number of benzene rings is 1. The topological polar surface area (TPSA) is 0 Å². The first-order valence-corrected chi connectivity index (χ1v) is 12.6. The van der Waals surface area contributed by atoms with E-state index in [1.54, 1.807) is 11.1 Å². The van der Waals surface area contributed by atoms with Gasteiger partial charge in [0.25, 0.3) is 0 Å². The van der Waals surface area contributed by atoms with Gasteiger partial charge in [-0.3, -0.25) is 0 Å². The highest BCUT2D eigenvalue weighted by Gasteiger charge is 2.22. The molecule has 1 aromatic carbocycles. The van der Waals surface area contributed by atoms with Gasteiger partial charge in [-0.15, -0.1) is 0 Å². The summed E-state index contributed by atoms with van der Waals surface area (Å²) in [4.78, 5) is 0. The molecular formula is C28H44. The van der Waals surface area contributed by atoms with Crippen LogP contribution in [0.5, 0.6) is 0 Å². The second-order valence-corrected chi connectivity index (χ2v) is 9.67. The molecule has 0 aliphatic heterocycles. The fourth-order valence-corrected chi connectivity index (χ4v) is 5.49. The predicted octanol–water partition coefficient (Wildman–Crippen LogP) is 9.30. The highest BCUT2D eigenvalue weighted by molar-refractivity contribution is 5.66. The van der Waals surface area contributed by atoms with Crippen LogP contribution in [0.1, 0.15) is 127 Å². The van der Waals surface area contributed by atoms with Crippen molar-refractivity contribution < 1.29 is 0 Å². The van der Waals surface area contributed by atoms with Crippen LogP contribution in [0.3, 0.4) is 0 Å². The molecule has 0 N–H and O–H groups in total. The van der Waals surface area contributed by atoms with Crippen LogP contribution in [0, 0.1) is 11.8 Å². The predicted molar refractivity (Wildman–Crippen MR) is 125 cm³/mol. The van der Waals surface area contributed by atoms with Crippen molar-refractivity contribution in [3.8, 4) is 0 Å². The van der Waals surface area contributed by atoms with Crippen molar-refractivity contribution in [2.75, 3.05) is 0 Å². The van der Waals surface area contributed by atoms with Crippen LogP contribution >= 0.6 is 0 Å². The van der Waals surface area contributed by atoms with Gasteiger partial charge in [-0.05, 0) is 79.4 Å². The number of unbranched alkanes of at least 4 members (excludes halogenated alkanes) is 5. The minimum atomic E-state index is 0.819. The number of hydrogen-bond donors (Lipinski definition) is 0. The van der Waals surface area contributed by atoms with Crippen LogP contribution in [-0.4, -0.2) is 0 Å². The summed E-state index contributed by atoms with van der Waals surface area (Å²) in [6.45, 7) is 4.64. The van der Waals surface area contributed by atoms with Crippen LogP contribution < -0.4 is 0 Å². The fraction of sp³-hybridized carbons (Fsp3) is 0.714. The Morgan fingerprint density at radius 3 is 2.11 bits per heavy atom. The van der Waals surface area contributed by atoms with E-state index >= 15 is 0 Å². The first kappa shape index (κ1) is 21.7. The van der Waals surface area contributed by atoms with E-state index in [0.29, 0.717) is 0 Å². The summed E-state index contributed by atoms with van der Waals surface area (Å²) in [7, 11) is 0. The molecule has 0 heteroatoms. The zero-order valence-electron chi connectivity index (χ0n) is 18.7. The summed E-state index contributed by atoms with van der Waals surface area (Å²) in [5.74, 6) is 2.76. The van der Waals surface area contributed by atoms with Gasteiger partial charge in [0, 0.05) is 0 Å². The molecule has 0 radical (unpaired) electrons. The first-order valence-electron chi connectivity index (χ1n) is 12.6. The van der Waals surface area contributed by atoms with Gasteiger partial charge in [0.1, 0.15) is 0 Å². The minimum absolute atomic E-state index is 0.819. The van der Waals surface area contributed by atoms with Gasteiger partial charge in [0.05, 0.1) is 0 Å². The lowest BCUT2D eigenvalue weighted by Crippen LogP contribution is -2.13. The molecule has 0 nitrogen and oxygen atoms in total. The van der Waals surface area contributed by atoms with Crippen LogP contribution in [0.4, 0.5) is 0 Å². The van der Waals surface area contributed by atoms with Crippen molar-refractivity contribution >= 4 is 5.57 Å². The molecule has 2 aliphatic rings. The molecule has 1 atom stereocenters. The molecule has 0 heterocycles. The van der Waals surface area contributed by atoms with Gasteiger partial charge < -0.3 is 0 Å². The zero-order chi connectivity index (χ0) is 19.6. The summed E-state index contributed by atoms with van der Waals surface area (Å²) in [5.41, 5.74) is 4.68. The SMILES string of the molecule is CCCCCCCC[C@H]1CC[C@H](c2ccc(C3=CCC(CC)CC3)cc2)CC1. The Labute approximate surface area is 175 Å². The van der Waals surface area contributed by atoms with Crippen LogP contribution in [-0.2, 0) is 0 Å². The van der Waals surface area contributed by atoms with Gasteiger partial charge in [-0.1, -0.05) is 95.6 Å². The van der Waals surface area contributed by atoms with E-state index in [4.69, 9.17) is 0 Å². The maximum atomic E-state index is 2.51. The van der Waals surface area contributed by atoms with Gasteiger partial charge in [-0.25, -0.2) is 0 Å². The van der Waals surface area contributed by atoms with E-state index < -0.39 is 0 Å². The quantitative estimate of drug-likeness (QED) is 0.355. The molecule has 0 spiro atoms. The third-order valence-electron chi connectivity index (χ3n) is 7.66. The lowest BCUT2D eigenvalue weighted by molar-refractivity contribution is 0.302. The van der Waals surface area contributed by atoms with Crippen molar-refractivity contribution in [2.45, 2.75) is 116 Å². The summed E-state index contributed by atoms with van der Waals surface area (Å²) < 4.78 is 0. The van der Waals surface area contributed by atoms with Crippen molar-refractivity contribution in [3.05, 3.63) is 41.5 Å². The molecule has 156 valence electrons. The summed E-state index contributed by atoms with van der Waals surface area (Å²) >= 11 is 0. The maximum Gasteiger partial charge on any atom is -0.0162 e. The minimum Gasteiger partial charge on any atom is -0.0804 e. The molecule has 0 amide bonds. The highest BCUT2D eigenvalue weighted by Crippen LogP contribution is 2.38. The van der Waals surface area contributed by atoms with Gasteiger partial charge >= 0.3 is 0 Å². The van der Waals surface area contributed by atoms with Crippen molar-refractivity contribution in [2.24, 2.45) is 11.8 Å². The second kappa shape index (κ2) is 11.8. The first-order chi connectivity index (χ1) is 13.8. The maximum absolute atomic E-state index is 2.51. The molecule has 28 heavy (non-hydrogen) atoms. The monoisotopic (exact) mass is 380 g/mol. The molecule has 1 aromatic rings. The van der Waals surface area contributed by atoms with Crippen molar-refractivity contribution in [3.63, 3.8) is 0 Å². The van der Waals surface area contributed by atoms with E-state index in [9.17, 15) is 0 Å². The summed E-state index contributed by atoms with van der Waals surface area (Å²) in [6, 6.07) is 9.72.